The quantitative estimate of drug-likeness (QED) is 0.441. The van der Waals surface area contributed by atoms with Crippen molar-refractivity contribution in [1.82, 2.24) is 19.9 Å². The van der Waals surface area contributed by atoms with E-state index >= 15 is 0 Å². The van der Waals surface area contributed by atoms with Gasteiger partial charge in [-0.05, 0) is 12.5 Å². The Hall–Kier alpha value is -0.880. The van der Waals surface area contributed by atoms with Crippen LogP contribution in [0, 0.1) is 0 Å². The molecule has 0 fully saturated rings. The van der Waals surface area contributed by atoms with Gasteiger partial charge in [0.05, 0.1) is 0 Å². The van der Waals surface area contributed by atoms with E-state index in [9.17, 15) is 0 Å². The second-order valence-electron chi connectivity index (χ2n) is 2.45. The second-order valence-corrected chi connectivity index (χ2v) is 4.02. The summed E-state index contributed by atoms with van der Waals surface area (Å²) in [6, 6.07) is 0. The molecule has 0 radical (unpaired) electrons. The molecular weight excluding hydrogens is 216 g/mol. The molecule has 6 heteroatoms. The van der Waals surface area contributed by atoms with Gasteiger partial charge in [-0.1, -0.05) is 11.8 Å². The van der Waals surface area contributed by atoms with Crippen LogP contribution in [0.1, 0.15) is 0 Å². The second kappa shape index (κ2) is 4.10. The van der Waals surface area contributed by atoms with Crippen LogP contribution in [-0.4, -0.2) is 32.4 Å². The Morgan fingerprint density at radius 3 is 2.50 bits per heavy atom. The lowest BCUT2D eigenvalue weighted by atomic mass is 10.5. The number of hydrogen-bond acceptors (Lipinski definition) is 6. The molecule has 0 N–H and O–H groups in total. The summed E-state index contributed by atoms with van der Waals surface area (Å²) in [5.41, 5.74) is 1.44. The van der Waals surface area contributed by atoms with E-state index in [1.54, 1.807) is 24.2 Å². The first-order valence-electron chi connectivity index (χ1n) is 3.92. The number of aromatic nitrogens is 4. The largest absolute Gasteiger partial charge is 0.248 e. The van der Waals surface area contributed by atoms with Crippen molar-refractivity contribution in [3.8, 4) is 0 Å². The summed E-state index contributed by atoms with van der Waals surface area (Å²) < 4.78 is 0. The van der Waals surface area contributed by atoms with Gasteiger partial charge < -0.3 is 0 Å². The highest BCUT2D eigenvalue weighted by Gasteiger charge is 2.07. The highest BCUT2D eigenvalue weighted by Crippen LogP contribution is 2.22. The zero-order chi connectivity index (χ0) is 9.97. The first-order chi connectivity index (χ1) is 6.85. The monoisotopic (exact) mass is 224 g/mol. The third kappa shape index (κ3) is 1.67. The van der Waals surface area contributed by atoms with E-state index in [1.807, 2.05) is 12.5 Å². The molecule has 2 rings (SSSR count). The molecule has 0 saturated heterocycles. The number of thioether (sulfide) groups is 2. The predicted octanol–water partition coefficient (Wildman–Crippen LogP) is 1.86. The van der Waals surface area contributed by atoms with Gasteiger partial charge >= 0.3 is 0 Å². The van der Waals surface area contributed by atoms with Crippen molar-refractivity contribution in [2.75, 3.05) is 12.5 Å². The molecule has 0 aromatic carbocycles. The zero-order valence-corrected chi connectivity index (χ0v) is 9.39. The maximum atomic E-state index is 4.35. The van der Waals surface area contributed by atoms with Gasteiger partial charge in [-0.25, -0.2) is 19.9 Å². The molecule has 72 valence electrons. The van der Waals surface area contributed by atoms with Crippen molar-refractivity contribution < 1.29 is 0 Å². The van der Waals surface area contributed by atoms with Crippen molar-refractivity contribution in [1.29, 1.82) is 0 Å². The van der Waals surface area contributed by atoms with Crippen molar-refractivity contribution in [3.63, 3.8) is 0 Å². The average Bonchev–Trinajstić information content (AvgIpc) is 2.27. The first kappa shape index (κ1) is 9.67. The standard InChI is InChI=1S/C8H8N4S2/c1-13-7-5-6(10-4-3-9-5)11-8(12-7)14-2/h3-4H,1-2H3. The van der Waals surface area contributed by atoms with E-state index in [0.717, 1.165) is 15.7 Å². The Morgan fingerprint density at radius 1 is 1.00 bits per heavy atom. The zero-order valence-electron chi connectivity index (χ0n) is 7.76. The highest BCUT2D eigenvalue weighted by atomic mass is 32.2. The van der Waals surface area contributed by atoms with Crippen LogP contribution in [-0.2, 0) is 0 Å². The van der Waals surface area contributed by atoms with E-state index in [1.165, 1.54) is 11.8 Å². The minimum atomic E-state index is 0.663. The Kier molecular flexibility index (Phi) is 2.83. The molecule has 0 aliphatic heterocycles. The number of rotatable bonds is 2. The highest BCUT2D eigenvalue weighted by molar-refractivity contribution is 7.99. The predicted molar refractivity (Wildman–Crippen MR) is 58.7 cm³/mol. The maximum absolute atomic E-state index is 4.35. The van der Waals surface area contributed by atoms with E-state index in [4.69, 9.17) is 0 Å². The lowest BCUT2D eigenvalue weighted by Gasteiger charge is -2.02. The molecule has 0 atom stereocenters. The van der Waals surface area contributed by atoms with Crippen LogP contribution in [0.2, 0.25) is 0 Å². The van der Waals surface area contributed by atoms with Gasteiger partial charge in [0.2, 0.25) is 0 Å². The summed E-state index contributed by atoms with van der Waals surface area (Å²) in [4.78, 5) is 17.0. The van der Waals surface area contributed by atoms with Crippen LogP contribution in [0.4, 0.5) is 0 Å². The molecule has 0 spiro atoms. The van der Waals surface area contributed by atoms with Gasteiger partial charge in [0.15, 0.2) is 10.8 Å². The molecule has 0 saturated carbocycles. The molecule has 4 nitrogen and oxygen atoms in total. The van der Waals surface area contributed by atoms with Gasteiger partial charge in [-0.15, -0.1) is 11.8 Å². The minimum absolute atomic E-state index is 0.663. The molecule has 2 aromatic heterocycles. The summed E-state index contributed by atoms with van der Waals surface area (Å²) >= 11 is 3.07. The van der Waals surface area contributed by atoms with Gasteiger partial charge in [0, 0.05) is 12.4 Å². The first-order valence-corrected chi connectivity index (χ1v) is 6.37. The van der Waals surface area contributed by atoms with Crippen molar-refractivity contribution in [2.45, 2.75) is 10.2 Å². The molecule has 14 heavy (non-hydrogen) atoms. The Labute approximate surface area is 90.0 Å². The van der Waals surface area contributed by atoms with Crippen molar-refractivity contribution >= 4 is 34.7 Å². The lowest BCUT2D eigenvalue weighted by Crippen LogP contribution is -1.94. The topological polar surface area (TPSA) is 51.6 Å². The fourth-order valence-corrected chi connectivity index (χ4v) is 1.99. The fraction of sp³-hybridized carbons (Fsp3) is 0.250. The molecule has 0 aliphatic carbocycles. The van der Waals surface area contributed by atoms with Crippen LogP contribution in [0.15, 0.2) is 22.6 Å². The molecule has 0 aliphatic rings. The van der Waals surface area contributed by atoms with Crippen molar-refractivity contribution in [3.05, 3.63) is 12.4 Å². The Balaban J connectivity index is 2.73. The Bertz CT molecular complexity index is 460. The smallest absolute Gasteiger partial charge is 0.190 e. The number of hydrogen-bond donors (Lipinski definition) is 0. The summed E-state index contributed by atoms with van der Waals surface area (Å²) in [5, 5.41) is 1.62. The van der Waals surface area contributed by atoms with E-state index < -0.39 is 0 Å². The van der Waals surface area contributed by atoms with Gasteiger partial charge in [0.25, 0.3) is 0 Å². The summed E-state index contributed by atoms with van der Waals surface area (Å²) in [7, 11) is 0. The van der Waals surface area contributed by atoms with Crippen LogP contribution in [0.5, 0.6) is 0 Å². The number of fused-ring (bicyclic) bond motifs is 1. The molecule has 2 aromatic rings. The van der Waals surface area contributed by atoms with Crippen LogP contribution >= 0.6 is 23.5 Å². The van der Waals surface area contributed by atoms with Gasteiger partial charge in [-0.2, -0.15) is 0 Å². The molecule has 0 unspecified atom stereocenters. The molecule has 0 amide bonds. The van der Waals surface area contributed by atoms with Gasteiger partial charge in [0.1, 0.15) is 10.5 Å². The fourth-order valence-electron chi connectivity index (χ4n) is 1.05. The van der Waals surface area contributed by atoms with Crippen LogP contribution < -0.4 is 0 Å². The average molecular weight is 224 g/mol. The minimum Gasteiger partial charge on any atom is -0.248 e. The van der Waals surface area contributed by atoms with E-state index in [0.29, 0.717) is 5.65 Å². The van der Waals surface area contributed by atoms with Crippen LogP contribution in [0.3, 0.4) is 0 Å². The molecular formula is C8H8N4S2. The molecule has 0 bridgehead atoms. The normalized spacial score (nSPS) is 10.7. The van der Waals surface area contributed by atoms with Crippen molar-refractivity contribution in [2.24, 2.45) is 0 Å². The maximum Gasteiger partial charge on any atom is 0.190 e. The Morgan fingerprint density at radius 2 is 1.79 bits per heavy atom. The van der Waals surface area contributed by atoms with Gasteiger partial charge in [-0.3, -0.25) is 0 Å². The summed E-state index contributed by atoms with van der Waals surface area (Å²) in [6.45, 7) is 0. The third-order valence-corrected chi connectivity index (χ3v) is 2.88. The third-order valence-electron chi connectivity index (χ3n) is 1.66. The molecule has 2 heterocycles. The van der Waals surface area contributed by atoms with E-state index in [-0.39, 0.29) is 0 Å². The number of nitrogens with zero attached hydrogens (tertiary/aromatic N) is 4. The SMILES string of the molecule is CSc1nc(SC)c2nccnc2n1. The van der Waals surface area contributed by atoms with Crippen LogP contribution in [0.25, 0.3) is 11.2 Å². The van der Waals surface area contributed by atoms with E-state index in [2.05, 4.69) is 19.9 Å². The summed E-state index contributed by atoms with van der Waals surface area (Å²) in [6.07, 6.45) is 7.22. The summed E-state index contributed by atoms with van der Waals surface area (Å²) in [5.74, 6) is 0. The lowest BCUT2D eigenvalue weighted by molar-refractivity contribution is 0.912.